The number of anilines is 1. The fraction of sp³-hybridized carbons (Fsp3) is 0.0833. The number of benzene rings is 1. The number of pyridine rings is 1. The lowest BCUT2D eigenvalue weighted by Crippen LogP contribution is -2.24. The SMILES string of the molecule is Nc1ccc(S(=O)(=O)NCc2ccncc2)c([N+](=O)[O-])c1. The number of sulfonamides is 1. The number of hydrogen-bond acceptors (Lipinski definition) is 6. The van der Waals surface area contributed by atoms with Crippen molar-refractivity contribution in [2.45, 2.75) is 11.4 Å². The molecule has 0 saturated heterocycles. The van der Waals surface area contributed by atoms with Gasteiger partial charge in [-0.25, -0.2) is 13.1 Å². The molecule has 9 heteroatoms. The van der Waals surface area contributed by atoms with Crippen molar-refractivity contribution in [3.63, 3.8) is 0 Å². The van der Waals surface area contributed by atoms with E-state index in [4.69, 9.17) is 5.73 Å². The Bertz CT molecular complexity index is 762. The number of nitrogen functional groups attached to an aromatic ring is 1. The van der Waals surface area contributed by atoms with E-state index < -0.39 is 25.5 Å². The van der Waals surface area contributed by atoms with Crippen molar-refractivity contribution in [2.24, 2.45) is 0 Å². The van der Waals surface area contributed by atoms with Crippen LogP contribution in [-0.4, -0.2) is 18.3 Å². The molecule has 0 spiro atoms. The van der Waals surface area contributed by atoms with Gasteiger partial charge in [-0.2, -0.15) is 0 Å². The van der Waals surface area contributed by atoms with Crippen LogP contribution in [-0.2, 0) is 16.6 Å². The number of aromatic nitrogens is 1. The van der Waals surface area contributed by atoms with Crippen molar-refractivity contribution in [3.8, 4) is 0 Å². The maximum absolute atomic E-state index is 12.2. The van der Waals surface area contributed by atoms with E-state index in [1.54, 1.807) is 12.1 Å². The second-order valence-corrected chi connectivity index (χ2v) is 5.90. The summed E-state index contributed by atoms with van der Waals surface area (Å²) in [6.07, 6.45) is 3.05. The number of nitrogens with zero attached hydrogens (tertiary/aromatic N) is 2. The largest absolute Gasteiger partial charge is 0.399 e. The molecule has 0 aliphatic carbocycles. The van der Waals surface area contributed by atoms with Crippen molar-refractivity contribution < 1.29 is 13.3 Å². The molecule has 0 saturated carbocycles. The maximum Gasteiger partial charge on any atom is 0.291 e. The van der Waals surface area contributed by atoms with E-state index in [9.17, 15) is 18.5 Å². The van der Waals surface area contributed by atoms with Crippen LogP contribution in [0.5, 0.6) is 0 Å². The average molecular weight is 308 g/mol. The second kappa shape index (κ2) is 5.85. The second-order valence-electron chi connectivity index (χ2n) is 4.16. The highest BCUT2D eigenvalue weighted by Gasteiger charge is 2.25. The quantitative estimate of drug-likeness (QED) is 0.482. The Kier molecular flexibility index (Phi) is 4.15. The zero-order valence-electron chi connectivity index (χ0n) is 10.8. The molecule has 0 amide bonds. The summed E-state index contributed by atoms with van der Waals surface area (Å²) in [5, 5.41) is 10.9. The smallest absolute Gasteiger partial charge is 0.291 e. The van der Waals surface area contributed by atoms with E-state index >= 15 is 0 Å². The van der Waals surface area contributed by atoms with Crippen LogP contribution in [0.1, 0.15) is 5.56 Å². The van der Waals surface area contributed by atoms with Gasteiger partial charge in [0.2, 0.25) is 10.0 Å². The van der Waals surface area contributed by atoms with Crippen LogP contribution in [0.15, 0.2) is 47.6 Å². The number of rotatable bonds is 5. The molecule has 1 aromatic carbocycles. The Morgan fingerprint density at radius 3 is 2.52 bits per heavy atom. The van der Waals surface area contributed by atoms with Gasteiger partial charge in [-0.15, -0.1) is 0 Å². The third-order valence-electron chi connectivity index (χ3n) is 2.68. The molecule has 8 nitrogen and oxygen atoms in total. The van der Waals surface area contributed by atoms with Gasteiger partial charge in [0, 0.05) is 30.7 Å². The molecule has 1 heterocycles. The van der Waals surface area contributed by atoms with Crippen molar-refractivity contribution >= 4 is 21.4 Å². The van der Waals surface area contributed by atoms with Gasteiger partial charge in [0.15, 0.2) is 4.90 Å². The Morgan fingerprint density at radius 1 is 1.24 bits per heavy atom. The molecule has 110 valence electrons. The number of nitrogens with one attached hydrogen (secondary N) is 1. The fourth-order valence-electron chi connectivity index (χ4n) is 1.66. The lowest BCUT2D eigenvalue weighted by molar-refractivity contribution is -0.387. The molecular formula is C12H12N4O4S. The van der Waals surface area contributed by atoms with E-state index in [0.29, 0.717) is 5.56 Å². The molecule has 1 aromatic heterocycles. The minimum atomic E-state index is -4.02. The standard InChI is InChI=1S/C12H12N4O4S/c13-10-1-2-12(11(7-10)16(17)18)21(19,20)15-8-9-3-5-14-6-4-9/h1-7,15H,8,13H2. The molecule has 0 bridgehead atoms. The predicted molar refractivity (Wildman–Crippen MR) is 75.8 cm³/mol. The molecule has 2 rings (SSSR count). The van der Waals surface area contributed by atoms with Gasteiger partial charge in [0.05, 0.1) is 4.92 Å². The number of nitro benzene ring substituents is 1. The summed E-state index contributed by atoms with van der Waals surface area (Å²) in [6, 6.07) is 6.71. The first-order valence-electron chi connectivity index (χ1n) is 5.82. The molecule has 0 unspecified atom stereocenters. The molecule has 0 radical (unpaired) electrons. The minimum Gasteiger partial charge on any atom is -0.399 e. The van der Waals surface area contributed by atoms with E-state index in [1.165, 1.54) is 18.5 Å². The van der Waals surface area contributed by atoms with Gasteiger partial charge in [-0.1, -0.05) is 0 Å². The molecule has 0 fully saturated rings. The average Bonchev–Trinajstić information content (AvgIpc) is 2.46. The van der Waals surface area contributed by atoms with Gasteiger partial charge in [0.1, 0.15) is 0 Å². The summed E-state index contributed by atoms with van der Waals surface area (Å²) < 4.78 is 26.6. The highest BCUT2D eigenvalue weighted by Crippen LogP contribution is 2.25. The molecule has 0 aliphatic heterocycles. The highest BCUT2D eigenvalue weighted by molar-refractivity contribution is 7.89. The summed E-state index contributed by atoms with van der Waals surface area (Å²) in [5.41, 5.74) is 5.70. The third-order valence-corrected chi connectivity index (χ3v) is 4.13. The molecule has 0 aliphatic rings. The number of nitrogens with two attached hydrogens (primary N) is 1. The number of hydrogen-bond donors (Lipinski definition) is 2. The summed E-state index contributed by atoms with van der Waals surface area (Å²) in [5.74, 6) is 0. The normalized spacial score (nSPS) is 11.2. The van der Waals surface area contributed by atoms with Gasteiger partial charge in [0.25, 0.3) is 5.69 Å². The van der Waals surface area contributed by atoms with Crippen LogP contribution >= 0.6 is 0 Å². The van der Waals surface area contributed by atoms with Crippen LogP contribution in [0.3, 0.4) is 0 Å². The lowest BCUT2D eigenvalue weighted by atomic mass is 10.3. The van der Waals surface area contributed by atoms with Gasteiger partial charge in [-0.05, 0) is 29.8 Å². The van der Waals surface area contributed by atoms with Crippen molar-refractivity contribution in [2.75, 3.05) is 5.73 Å². The van der Waals surface area contributed by atoms with Gasteiger partial charge < -0.3 is 5.73 Å². The minimum absolute atomic E-state index is 0.00633. The van der Waals surface area contributed by atoms with E-state index in [-0.39, 0.29) is 12.2 Å². The van der Waals surface area contributed by atoms with Crippen molar-refractivity contribution in [1.82, 2.24) is 9.71 Å². The highest BCUT2D eigenvalue weighted by atomic mass is 32.2. The zero-order valence-corrected chi connectivity index (χ0v) is 11.6. The molecule has 3 N–H and O–H groups in total. The van der Waals surface area contributed by atoms with Crippen LogP contribution in [0.2, 0.25) is 0 Å². The van der Waals surface area contributed by atoms with Crippen LogP contribution < -0.4 is 10.5 Å². The summed E-state index contributed by atoms with van der Waals surface area (Å²) in [7, 11) is -4.02. The molecule has 2 aromatic rings. The number of nitro groups is 1. The van der Waals surface area contributed by atoms with Crippen molar-refractivity contribution in [1.29, 1.82) is 0 Å². The van der Waals surface area contributed by atoms with Crippen molar-refractivity contribution in [3.05, 3.63) is 58.4 Å². The van der Waals surface area contributed by atoms with Gasteiger partial charge in [-0.3, -0.25) is 15.1 Å². The maximum atomic E-state index is 12.2. The summed E-state index contributed by atoms with van der Waals surface area (Å²) >= 11 is 0. The summed E-state index contributed by atoms with van der Waals surface area (Å²) in [4.78, 5) is 13.6. The fourth-order valence-corrected chi connectivity index (χ4v) is 2.83. The summed E-state index contributed by atoms with van der Waals surface area (Å²) in [6.45, 7) is 0.00633. The topological polar surface area (TPSA) is 128 Å². The molecular weight excluding hydrogens is 296 g/mol. The Balaban J connectivity index is 2.30. The Hall–Kier alpha value is -2.52. The lowest BCUT2D eigenvalue weighted by Gasteiger charge is -2.07. The third kappa shape index (κ3) is 3.52. The molecule has 0 atom stereocenters. The Morgan fingerprint density at radius 2 is 1.90 bits per heavy atom. The van der Waals surface area contributed by atoms with Crippen LogP contribution in [0.4, 0.5) is 11.4 Å². The van der Waals surface area contributed by atoms with Crippen LogP contribution in [0, 0.1) is 10.1 Å². The van der Waals surface area contributed by atoms with E-state index in [2.05, 4.69) is 9.71 Å². The predicted octanol–water partition coefficient (Wildman–Crippen LogP) is 1.05. The van der Waals surface area contributed by atoms with E-state index in [1.807, 2.05) is 0 Å². The van der Waals surface area contributed by atoms with Gasteiger partial charge >= 0.3 is 0 Å². The Labute approximate surface area is 120 Å². The monoisotopic (exact) mass is 308 g/mol. The zero-order chi connectivity index (χ0) is 15.5. The van der Waals surface area contributed by atoms with E-state index in [0.717, 1.165) is 12.1 Å². The van der Waals surface area contributed by atoms with Crippen LogP contribution in [0.25, 0.3) is 0 Å². The first-order valence-corrected chi connectivity index (χ1v) is 7.31. The molecule has 21 heavy (non-hydrogen) atoms. The first kappa shape index (κ1) is 14.9. The first-order chi connectivity index (χ1) is 9.90.